The SMILES string of the molecule is CCn1cc(C(=O)O)c(=O)c2cc(F)c(N3CC(C)NCC3O)c(F)c21. The van der Waals surface area contributed by atoms with Crippen molar-refractivity contribution in [2.45, 2.75) is 32.7 Å². The van der Waals surface area contributed by atoms with Gasteiger partial charge in [-0.3, -0.25) is 4.79 Å². The largest absolute Gasteiger partial charge is 0.477 e. The summed E-state index contributed by atoms with van der Waals surface area (Å²) in [7, 11) is 0. The highest BCUT2D eigenvalue weighted by atomic mass is 19.1. The highest BCUT2D eigenvalue weighted by molar-refractivity contribution is 5.93. The molecule has 1 aromatic heterocycles. The van der Waals surface area contributed by atoms with Gasteiger partial charge in [0.2, 0.25) is 5.43 Å². The fourth-order valence-electron chi connectivity index (χ4n) is 3.28. The fraction of sp³-hybridized carbons (Fsp3) is 0.412. The number of aromatic carboxylic acids is 1. The number of anilines is 1. The molecule has 1 aromatic carbocycles. The smallest absolute Gasteiger partial charge is 0.341 e. The number of hydrogen-bond donors (Lipinski definition) is 3. The van der Waals surface area contributed by atoms with Crippen molar-refractivity contribution >= 4 is 22.6 Å². The monoisotopic (exact) mass is 367 g/mol. The summed E-state index contributed by atoms with van der Waals surface area (Å²) in [5, 5.41) is 22.0. The molecule has 1 saturated heterocycles. The van der Waals surface area contributed by atoms with Crippen molar-refractivity contribution in [2.24, 2.45) is 0 Å². The molecule has 3 N–H and O–H groups in total. The first-order valence-electron chi connectivity index (χ1n) is 8.22. The van der Waals surface area contributed by atoms with E-state index in [2.05, 4.69) is 5.32 Å². The number of carboxylic acid groups (broad SMARTS) is 1. The highest BCUT2D eigenvalue weighted by Gasteiger charge is 2.31. The lowest BCUT2D eigenvalue weighted by atomic mass is 10.1. The number of fused-ring (bicyclic) bond motifs is 1. The third kappa shape index (κ3) is 2.82. The molecule has 0 radical (unpaired) electrons. The molecule has 1 fully saturated rings. The summed E-state index contributed by atoms with van der Waals surface area (Å²) in [5.74, 6) is -3.48. The molecule has 9 heteroatoms. The molecule has 7 nitrogen and oxygen atoms in total. The molecule has 0 amide bonds. The van der Waals surface area contributed by atoms with Crippen LogP contribution in [0.2, 0.25) is 0 Å². The van der Waals surface area contributed by atoms with Gasteiger partial charge in [0.15, 0.2) is 5.82 Å². The maximum Gasteiger partial charge on any atom is 0.341 e. The summed E-state index contributed by atoms with van der Waals surface area (Å²) in [6.07, 6.45) is -0.0815. The molecule has 26 heavy (non-hydrogen) atoms. The Balaban J connectivity index is 2.33. The van der Waals surface area contributed by atoms with Gasteiger partial charge in [0.05, 0.1) is 10.9 Å². The first-order chi connectivity index (χ1) is 12.3. The lowest BCUT2D eigenvalue weighted by Crippen LogP contribution is -2.56. The van der Waals surface area contributed by atoms with E-state index in [9.17, 15) is 19.1 Å². The Morgan fingerprint density at radius 2 is 2.12 bits per heavy atom. The minimum atomic E-state index is -1.46. The Hall–Kier alpha value is -2.52. The van der Waals surface area contributed by atoms with Gasteiger partial charge < -0.3 is 25.0 Å². The van der Waals surface area contributed by atoms with Crippen LogP contribution in [0.25, 0.3) is 10.9 Å². The number of carboxylic acids is 1. The van der Waals surface area contributed by atoms with E-state index in [1.165, 1.54) is 9.47 Å². The van der Waals surface area contributed by atoms with Gasteiger partial charge >= 0.3 is 5.97 Å². The number of piperazine rings is 1. The number of nitrogens with one attached hydrogen (secondary N) is 1. The van der Waals surface area contributed by atoms with Gasteiger partial charge in [0.25, 0.3) is 0 Å². The van der Waals surface area contributed by atoms with Crippen LogP contribution in [0.1, 0.15) is 24.2 Å². The van der Waals surface area contributed by atoms with Gasteiger partial charge in [-0.2, -0.15) is 0 Å². The molecule has 2 heterocycles. The van der Waals surface area contributed by atoms with Crippen molar-refractivity contribution in [1.82, 2.24) is 9.88 Å². The topological polar surface area (TPSA) is 94.8 Å². The molecule has 3 rings (SSSR count). The van der Waals surface area contributed by atoms with E-state index in [1.54, 1.807) is 6.92 Å². The normalized spacial score (nSPS) is 20.6. The lowest BCUT2D eigenvalue weighted by molar-refractivity contribution is 0.0694. The predicted octanol–water partition coefficient (Wildman–Crippen LogP) is 1.11. The summed E-state index contributed by atoms with van der Waals surface area (Å²) in [4.78, 5) is 24.8. The minimum Gasteiger partial charge on any atom is -0.477 e. The number of β-amino-alcohol motifs (C(OH)–C–C–N with tert-alkyl or cyclic N) is 1. The van der Waals surface area contributed by atoms with Crippen molar-refractivity contribution in [3.05, 3.63) is 39.7 Å². The molecule has 2 aromatic rings. The molecule has 1 aliphatic heterocycles. The number of hydrogen-bond acceptors (Lipinski definition) is 5. The zero-order valence-corrected chi connectivity index (χ0v) is 14.3. The van der Waals surface area contributed by atoms with E-state index in [1.807, 2.05) is 6.92 Å². The average Bonchev–Trinajstić information content (AvgIpc) is 2.58. The van der Waals surface area contributed by atoms with Gasteiger partial charge in [-0.05, 0) is 19.9 Å². The summed E-state index contributed by atoms with van der Waals surface area (Å²) in [5.41, 5.74) is -2.11. The van der Waals surface area contributed by atoms with Crippen LogP contribution in [0.4, 0.5) is 14.5 Å². The summed E-state index contributed by atoms with van der Waals surface area (Å²) in [6.45, 7) is 3.96. The number of aryl methyl sites for hydroxylation is 1. The van der Waals surface area contributed by atoms with Gasteiger partial charge in [0, 0.05) is 31.9 Å². The zero-order valence-electron chi connectivity index (χ0n) is 14.3. The third-order valence-corrected chi connectivity index (χ3v) is 4.57. The van der Waals surface area contributed by atoms with Crippen molar-refractivity contribution in [2.75, 3.05) is 18.0 Å². The van der Waals surface area contributed by atoms with E-state index in [0.717, 1.165) is 12.3 Å². The number of aliphatic hydroxyl groups is 1. The molecule has 2 atom stereocenters. The second-order valence-corrected chi connectivity index (χ2v) is 6.32. The van der Waals surface area contributed by atoms with Crippen molar-refractivity contribution in [3.8, 4) is 0 Å². The maximum absolute atomic E-state index is 15.3. The first kappa shape index (κ1) is 18.3. The Morgan fingerprint density at radius 3 is 2.73 bits per heavy atom. The maximum atomic E-state index is 15.3. The van der Waals surface area contributed by atoms with Crippen molar-refractivity contribution in [3.63, 3.8) is 0 Å². The average molecular weight is 367 g/mol. The number of pyridine rings is 1. The number of nitrogens with zero attached hydrogens (tertiary/aromatic N) is 2. The van der Waals surface area contributed by atoms with E-state index >= 15 is 4.39 Å². The molecule has 0 saturated carbocycles. The van der Waals surface area contributed by atoms with Gasteiger partial charge in [-0.1, -0.05) is 0 Å². The van der Waals surface area contributed by atoms with Crippen molar-refractivity contribution in [1.29, 1.82) is 0 Å². The predicted molar refractivity (Wildman–Crippen MR) is 91.6 cm³/mol. The van der Waals surface area contributed by atoms with Crippen LogP contribution < -0.4 is 15.6 Å². The van der Waals surface area contributed by atoms with E-state index in [-0.39, 0.29) is 36.6 Å². The van der Waals surface area contributed by atoms with Crippen molar-refractivity contribution < 1.29 is 23.8 Å². The van der Waals surface area contributed by atoms with Gasteiger partial charge in [0.1, 0.15) is 23.3 Å². The Kier molecular flexibility index (Phi) is 4.68. The number of carbonyl (C=O) groups is 1. The van der Waals surface area contributed by atoms with Crippen LogP contribution in [0.3, 0.4) is 0 Å². The molecule has 1 aliphatic rings. The van der Waals surface area contributed by atoms with E-state index in [4.69, 9.17) is 5.11 Å². The molecule has 140 valence electrons. The summed E-state index contributed by atoms with van der Waals surface area (Å²) < 4.78 is 31.2. The summed E-state index contributed by atoms with van der Waals surface area (Å²) >= 11 is 0. The lowest BCUT2D eigenvalue weighted by Gasteiger charge is -2.38. The number of benzene rings is 1. The van der Waals surface area contributed by atoms with Crippen LogP contribution in [0.15, 0.2) is 17.1 Å². The molecule has 0 aliphatic carbocycles. The zero-order chi connectivity index (χ0) is 19.2. The van der Waals surface area contributed by atoms with Crippen LogP contribution in [-0.4, -0.2) is 46.1 Å². The highest BCUT2D eigenvalue weighted by Crippen LogP contribution is 2.31. The second-order valence-electron chi connectivity index (χ2n) is 6.32. The van der Waals surface area contributed by atoms with Gasteiger partial charge in [-0.15, -0.1) is 0 Å². The number of aromatic nitrogens is 1. The fourth-order valence-corrected chi connectivity index (χ4v) is 3.28. The van der Waals surface area contributed by atoms with E-state index < -0.39 is 40.5 Å². The first-order valence-corrected chi connectivity index (χ1v) is 8.22. The Bertz CT molecular complexity index is 944. The van der Waals surface area contributed by atoms with Crippen LogP contribution in [0, 0.1) is 11.6 Å². The van der Waals surface area contributed by atoms with E-state index in [0.29, 0.717) is 0 Å². The minimum absolute atomic E-state index is 0.101. The third-order valence-electron chi connectivity index (χ3n) is 4.57. The van der Waals surface area contributed by atoms with Crippen LogP contribution >= 0.6 is 0 Å². The standard InChI is InChI=1S/C17H19F2N3O4/c1-3-21-7-10(17(25)26)16(24)9-4-11(18)15(13(19)14(9)21)22-6-8(2)20-5-12(22)23/h4,7-8,12,20,23H,3,5-6H2,1-2H3,(H,25,26). The van der Waals surface area contributed by atoms with Gasteiger partial charge in [-0.25, -0.2) is 13.6 Å². The molecule has 2 unspecified atom stereocenters. The van der Waals surface area contributed by atoms with Crippen LogP contribution in [-0.2, 0) is 6.54 Å². The number of rotatable bonds is 3. The molecule has 0 bridgehead atoms. The number of aliphatic hydroxyl groups excluding tert-OH is 1. The number of halogens is 2. The molecular formula is C17H19F2N3O4. The second kappa shape index (κ2) is 6.65. The summed E-state index contributed by atoms with van der Waals surface area (Å²) in [6, 6.07) is 0.740. The molecule has 0 spiro atoms. The molecular weight excluding hydrogens is 348 g/mol. The quantitative estimate of drug-likeness (QED) is 0.753. The Labute approximate surface area is 147 Å². The Morgan fingerprint density at radius 1 is 1.42 bits per heavy atom. The van der Waals surface area contributed by atoms with Crippen LogP contribution in [0.5, 0.6) is 0 Å².